The van der Waals surface area contributed by atoms with Crippen LogP contribution in [0.4, 0.5) is 5.69 Å². The number of nitrogens with one attached hydrogen (secondary N) is 4. The van der Waals surface area contributed by atoms with Crippen LogP contribution in [-0.2, 0) is 71.2 Å². The number of aromatic nitrogens is 2. The first kappa shape index (κ1) is 85.4. The monoisotopic (exact) mass is 1470 g/mol. The van der Waals surface area contributed by atoms with E-state index in [1.54, 1.807) is 106 Å². The maximum atomic E-state index is 12.9. The number of unbranched alkanes of at least 4 members (excludes halogenated alkanes) is 4. The van der Waals surface area contributed by atoms with E-state index in [4.69, 9.17) is 20.8 Å². The van der Waals surface area contributed by atoms with Gasteiger partial charge in [-0.25, -0.2) is 31.9 Å². The molecular weight excluding hydrogens is 1360 g/mol. The molecular formula is C82H107N13O12. The summed E-state index contributed by atoms with van der Waals surface area (Å²) in [7, 11) is 3.96. The number of hydrogen-bond donors (Lipinski definition) is 8. The van der Waals surface area contributed by atoms with Crippen LogP contribution in [0.25, 0.3) is 0 Å². The Hall–Kier alpha value is -10.6. The normalized spacial score (nSPS) is 11.8. The average Bonchev–Trinajstić information content (AvgIpc) is 1.77. The molecule has 0 unspecified atom stereocenters. The van der Waals surface area contributed by atoms with E-state index in [1.165, 1.54) is 31.5 Å². The van der Waals surface area contributed by atoms with Gasteiger partial charge in [-0.05, 0) is 176 Å². The Kier molecular flexibility index (Phi) is 37.6. The van der Waals surface area contributed by atoms with Gasteiger partial charge in [-0.2, -0.15) is 0 Å². The number of nitrogens with zero attached hydrogens (tertiary/aromatic N) is 9. The Morgan fingerprint density at radius 2 is 0.785 bits per heavy atom. The predicted octanol–water partition coefficient (Wildman–Crippen LogP) is 11.1. The quantitative estimate of drug-likeness (QED) is 0.0135. The van der Waals surface area contributed by atoms with Crippen LogP contribution in [0.1, 0.15) is 197 Å². The maximum Gasteiger partial charge on any atom is 0.274 e. The first-order chi connectivity index (χ1) is 51.8. The van der Waals surface area contributed by atoms with Gasteiger partial charge in [-0.15, -0.1) is 0 Å². The number of fused-ring (bicyclic) bond motifs is 1. The summed E-state index contributed by atoms with van der Waals surface area (Å²) >= 11 is 0. The average molecular weight is 1470 g/mol. The molecule has 25 nitrogen and oxygen atoms in total. The fourth-order valence-corrected chi connectivity index (χ4v) is 11.8. The molecule has 1 aromatic heterocycles. The molecule has 0 saturated carbocycles. The van der Waals surface area contributed by atoms with Gasteiger partial charge in [0.05, 0.1) is 25.8 Å². The molecule has 6 aromatic carbocycles. The fraction of sp³-hybridized carbons (Fsp3) is 0.402. The van der Waals surface area contributed by atoms with Crippen molar-refractivity contribution in [2.45, 2.75) is 157 Å². The van der Waals surface area contributed by atoms with Crippen LogP contribution in [0.3, 0.4) is 0 Å². The number of benzene rings is 6. The molecule has 8 amide bonds. The summed E-state index contributed by atoms with van der Waals surface area (Å²) < 4.78 is 0. The molecule has 2 aliphatic rings. The minimum atomic E-state index is -0.563. The predicted molar refractivity (Wildman–Crippen MR) is 411 cm³/mol. The van der Waals surface area contributed by atoms with Gasteiger partial charge in [0.1, 0.15) is 5.82 Å². The van der Waals surface area contributed by atoms with Crippen LogP contribution in [0.5, 0.6) is 0 Å². The van der Waals surface area contributed by atoms with Gasteiger partial charge in [-0.3, -0.25) is 64.2 Å². The topological polar surface area (TPSA) is 323 Å². The van der Waals surface area contributed by atoms with Gasteiger partial charge in [-0.1, -0.05) is 132 Å². The van der Waals surface area contributed by atoms with Crippen LogP contribution in [0.15, 0.2) is 163 Å². The van der Waals surface area contributed by atoms with Crippen molar-refractivity contribution in [1.82, 2.24) is 56.4 Å². The van der Waals surface area contributed by atoms with Crippen molar-refractivity contribution < 1.29 is 59.2 Å². The van der Waals surface area contributed by atoms with Crippen molar-refractivity contribution in [3.05, 3.63) is 231 Å². The summed E-state index contributed by atoms with van der Waals surface area (Å²) in [5.74, 6) is -1.34. The molecule has 1 saturated heterocycles. The van der Waals surface area contributed by atoms with E-state index in [1.807, 2.05) is 113 Å². The first-order valence-electron chi connectivity index (χ1n) is 36.9. The zero-order valence-corrected chi connectivity index (χ0v) is 62.8. The zero-order valence-electron chi connectivity index (χ0n) is 62.8. The highest BCUT2D eigenvalue weighted by atomic mass is 16.5. The third kappa shape index (κ3) is 29.7. The Bertz CT molecular complexity index is 3930. The standard InChI is InChI=1S/C22H25N3O3.C22H29N3O3.C20H31N3O3.C18H22N4O3/c1-2-3-10-25(15-16-4-7-18(8-5-16)22(27)24-28)21(26)12-17-6-9-19-13-23-14-20(19)11-17;1-4-5-13-25(16-17-9-11-19(12-10-17)22(27)23-28)21(26)15-18-7-6-8-20(14-18)24(2)3;1-2-3-15-23(19(24)7-6-14-22-12-4-5-13-22)16-17-8-10-18(11-9-17)20(25)21-26;1-2-3-11-22(17(23)12-16-19-9-4-10-20-16)13-14-5-7-15(8-6-14)18(24)21-25/h4-9,11,13,28H,2-3,10,12,14-15H2,1H3,(H,24,27);6-12,14,28H,4-5,13,15-16H2,1-3H3,(H,23,27);8-11,26H,2-7,12-16H2,1H3,(H,21,25);4-10,25H,2-3,11-13H2,1H3,(H,21,24). The highest BCUT2D eigenvalue weighted by molar-refractivity contribution is 5.95. The van der Waals surface area contributed by atoms with Gasteiger partial charge in [0.2, 0.25) is 23.6 Å². The molecule has 0 aliphatic carbocycles. The Morgan fingerprint density at radius 1 is 0.421 bits per heavy atom. The maximum absolute atomic E-state index is 12.9. The number of hydrogen-bond acceptors (Lipinski definition) is 17. The summed E-state index contributed by atoms with van der Waals surface area (Å²) in [6.07, 6.45) is 17.9. The number of carbonyl (C=O) groups is 8. The van der Waals surface area contributed by atoms with Gasteiger partial charge in [0.25, 0.3) is 23.6 Å². The lowest BCUT2D eigenvalue weighted by atomic mass is 10.0. The summed E-state index contributed by atoms with van der Waals surface area (Å²) in [6.45, 7) is 17.2. The molecule has 0 radical (unpaired) electrons. The lowest BCUT2D eigenvalue weighted by Crippen LogP contribution is -2.33. The summed E-state index contributed by atoms with van der Waals surface area (Å²) in [5, 5.41) is 34.7. The van der Waals surface area contributed by atoms with Gasteiger partial charge >= 0.3 is 0 Å². The number of carbonyl (C=O) groups excluding carboxylic acids is 8. The van der Waals surface area contributed by atoms with E-state index >= 15 is 0 Å². The largest absolute Gasteiger partial charge is 0.378 e. The number of hydroxylamine groups is 4. The molecule has 7 aromatic rings. The third-order valence-electron chi connectivity index (χ3n) is 18.1. The molecule has 25 heteroatoms. The summed E-state index contributed by atoms with van der Waals surface area (Å²) in [4.78, 5) is 121. The SMILES string of the molecule is CCCCN(Cc1ccc(C(=O)NO)cc1)C(=O)CCCN1CCCC1.CCCCN(Cc1ccc(C(=O)NO)cc1)C(=O)Cc1ccc2c(c1)CN=C2.CCCCN(Cc1ccc(C(=O)NO)cc1)C(=O)Cc1cccc(N(C)C)c1.CCCCN(Cc1ccc(C(=O)NO)cc1)C(=O)Cc1ncccn1. The van der Waals surface area contributed by atoms with Gasteiger partial charge in [0.15, 0.2) is 0 Å². The van der Waals surface area contributed by atoms with Crippen molar-refractivity contribution in [3.8, 4) is 0 Å². The molecule has 0 spiro atoms. The fourth-order valence-electron chi connectivity index (χ4n) is 11.8. The molecule has 572 valence electrons. The van der Waals surface area contributed by atoms with E-state index < -0.39 is 23.6 Å². The number of rotatable bonds is 35. The van der Waals surface area contributed by atoms with E-state index in [9.17, 15) is 38.4 Å². The van der Waals surface area contributed by atoms with E-state index in [0.717, 1.165) is 116 Å². The van der Waals surface area contributed by atoms with Gasteiger partial charge in [0, 0.05) is 119 Å². The second-order valence-corrected chi connectivity index (χ2v) is 26.6. The Morgan fingerprint density at radius 3 is 1.16 bits per heavy atom. The highest BCUT2D eigenvalue weighted by Crippen LogP contribution is 2.21. The van der Waals surface area contributed by atoms with Crippen molar-refractivity contribution in [1.29, 1.82) is 0 Å². The molecule has 0 bridgehead atoms. The van der Waals surface area contributed by atoms with E-state index in [2.05, 4.69) is 53.6 Å². The van der Waals surface area contributed by atoms with Crippen molar-refractivity contribution in [3.63, 3.8) is 0 Å². The lowest BCUT2D eigenvalue weighted by molar-refractivity contribution is -0.132. The van der Waals surface area contributed by atoms with E-state index in [0.29, 0.717) is 99.7 Å². The number of anilines is 1. The van der Waals surface area contributed by atoms with Crippen molar-refractivity contribution in [2.75, 3.05) is 64.8 Å². The number of amides is 8. The number of aliphatic imine (C=N–C) groups is 1. The lowest BCUT2D eigenvalue weighted by Gasteiger charge is -2.23. The van der Waals surface area contributed by atoms with Crippen LogP contribution in [0, 0.1) is 0 Å². The second kappa shape index (κ2) is 47.1. The molecule has 107 heavy (non-hydrogen) atoms. The summed E-state index contributed by atoms with van der Waals surface area (Å²) in [5.41, 5.74) is 17.1. The first-order valence-corrected chi connectivity index (χ1v) is 36.9. The third-order valence-corrected chi connectivity index (χ3v) is 18.1. The molecule has 8 N–H and O–H groups in total. The molecule has 2 aliphatic heterocycles. The van der Waals surface area contributed by atoms with Crippen molar-refractivity contribution in [2.24, 2.45) is 4.99 Å². The second-order valence-electron chi connectivity index (χ2n) is 26.6. The Labute approximate surface area is 628 Å². The van der Waals surface area contributed by atoms with Crippen LogP contribution in [-0.4, -0.2) is 169 Å². The number of likely N-dealkylation sites (tertiary alicyclic amines) is 1. The van der Waals surface area contributed by atoms with Crippen LogP contribution in [0.2, 0.25) is 0 Å². The minimum absolute atomic E-state index is 0.0307. The van der Waals surface area contributed by atoms with Gasteiger partial charge < -0.3 is 29.4 Å². The zero-order chi connectivity index (χ0) is 77.3. The molecule has 9 rings (SSSR count). The molecule has 3 heterocycles. The van der Waals surface area contributed by atoms with Crippen LogP contribution < -0.4 is 26.8 Å². The summed E-state index contributed by atoms with van der Waals surface area (Å²) in [6, 6.07) is 43.4. The van der Waals surface area contributed by atoms with E-state index in [-0.39, 0.29) is 30.0 Å². The molecule has 0 atom stereocenters. The highest BCUT2D eigenvalue weighted by Gasteiger charge is 2.22. The minimum Gasteiger partial charge on any atom is -0.378 e. The molecule has 1 fully saturated rings. The smallest absolute Gasteiger partial charge is 0.274 e. The Balaban J connectivity index is 0.000000224. The van der Waals surface area contributed by atoms with Crippen molar-refractivity contribution >= 4 is 59.2 Å². The van der Waals surface area contributed by atoms with Crippen LogP contribution >= 0.6 is 0 Å².